The molecule has 2 rings (SSSR count). The third kappa shape index (κ3) is 1.47. The lowest BCUT2D eigenvalue weighted by molar-refractivity contribution is 0.0690. The molecule has 5 heteroatoms. The van der Waals surface area contributed by atoms with Gasteiger partial charge in [0.15, 0.2) is 5.82 Å². The molecule has 0 aromatic carbocycles. The molecular weight excluding hydrogens is 182 g/mol. The molecule has 5 nitrogen and oxygen atoms in total. The maximum atomic E-state index is 10.6. The van der Waals surface area contributed by atoms with Crippen LogP contribution in [-0.2, 0) is 0 Å². The van der Waals surface area contributed by atoms with Gasteiger partial charge in [0, 0.05) is 12.4 Å². The number of aromatic carboxylic acids is 1. The summed E-state index contributed by atoms with van der Waals surface area (Å²) in [7, 11) is 0. The van der Waals surface area contributed by atoms with E-state index in [0.29, 0.717) is 11.5 Å². The number of nitrogens with one attached hydrogen (secondary N) is 1. The first-order valence-corrected chi connectivity index (χ1v) is 3.97. The van der Waals surface area contributed by atoms with Crippen molar-refractivity contribution >= 4 is 5.97 Å². The predicted octanol–water partition coefficient (Wildman–Crippen LogP) is 1.17. The molecular formula is C9H7N3O2. The van der Waals surface area contributed by atoms with Crippen molar-refractivity contribution in [3.8, 4) is 11.5 Å². The van der Waals surface area contributed by atoms with E-state index in [-0.39, 0.29) is 5.69 Å². The van der Waals surface area contributed by atoms with Crippen molar-refractivity contribution in [3.05, 3.63) is 36.3 Å². The number of hydrogen-bond acceptors (Lipinski definition) is 3. The summed E-state index contributed by atoms with van der Waals surface area (Å²) in [5.41, 5.74) is 0.536. The number of imidazole rings is 1. The minimum atomic E-state index is -1.04. The number of hydrogen-bond donors (Lipinski definition) is 2. The van der Waals surface area contributed by atoms with Gasteiger partial charge >= 0.3 is 5.97 Å². The van der Waals surface area contributed by atoms with E-state index in [2.05, 4.69) is 15.0 Å². The van der Waals surface area contributed by atoms with E-state index in [0.717, 1.165) is 0 Å². The van der Waals surface area contributed by atoms with E-state index < -0.39 is 5.97 Å². The first kappa shape index (κ1) is 8.43. The van der Waals surface area contributed by atoms with Crippen molar-refractivity contribution in [3.63, 3.8) is 0 Å². The van der Waals surface area contributed by atoms with Gasteiger partial charge in [-0.3, -0.25) is 0 Å². The summed E-state index contributed by atoms with van der Waals surface area (Å²) in [5.74, 6) is -0.480. The highest BCUT2D eigenvalue weighted by molar-refractivity contribution is 5.85. The highest BCUT2D eigenvalue weighted by Crippen LogP contribution is 2.11. The van der Waals surface area contributed by atoms with Gasteiger partial charge in [-0.2, -0.15) is 0 Å². The molecule has 70 valence electrons. The molecule has 0 fully saturated rings. The molecule has 2 N–H and O–H groups in total. The molecule has 0 bridgehead atoms. The quantitative estimate of drug-likeness (QED) is 0.743. The minimum absolute atomic E-state index is 0.0129. The normalized spacial score (nSPS) is 10.0. The van der Waals surface area contributed by atoms with Crippen molar-refractivity contribution in [2.75, 3.05) is 0 Å². The van der Waals surface area contributed by atoms with Crippen LogP contribution in [0, 0.1) is 0 Å². The summed E-state index contributed by atoms with van der Waals surface area (Å²) >= 11 is 0. The van der Waals surface area contributed by atoms with Gasteiger partial charge in [0.2, 0.25) is 0 Å². The van der Waals surface area contributed by atoms with Gasteiger partial charge in [-0.1, -0.05) is 6.07 Å². The molecule has 2 aromatic rings. The van der Waals surface area contributed by atoms with Gasteiger partial charge in [-0.15, -0.1) is 0 Å². The fourth-order valence-corrected chi connectivity index (χ4v) is 1.09. The molecule has 2 aromatic heterocycles. The van der Waals surface area contributed by atoms with Crippen LogP contribution in [0.2, 0.25) is 0 Å². The number of carboxylic acid groups (broad SMARTS) is 1. The van der Waals surface area contributed by atoms with Gasteiger partial charge in [-0.25, -0.2) is 14.8 Å². The molecule has 0 aliphatic carbocycles. The second kappa shape index (κ2) is 3.29. The van der Waals surface area contributed by atoms with Crippen molar-refractivity contribution in [1.29, 1.82) is 0 Å². The van der Waals surface area contributed by atoms with Crippen molar-refractivity contribution < 1.29 is 9.90 Å². The average molecular weight is 189 g/mol. The largest absolute Gasteiger partial charge is 0.477 e. The van der Waals surface area contributed by atoms with E-state index in [9.17, 15) is 4.79 Å². The zero-order chi connectivity index (χ0) is 9.97. The Morgan fingerprint density at radius 2 is 2.29 bits per heavy atom. The van der Waals surface area contributed by atoms with E-state index in [1.165, 1.54) is 6.07 Å². The fourth-order valence-electron chi connectivity index (χ4n) is 1.09. The second-order valence-electron chi connectivity index (χ2n) is 2.65. The Hall–Kier alpha value is -2.17. The zero-order valence-corrected chi connectivity index (χ0v) is 7.14. The Morgan fingerprint density at radius 3 is 2.93 bits per heavy atom. The van der Waals surface area contributed by atoms with Gasteiger partial charge in [0.25, 0.3) is 0 Å². The molecule has 0 aliphatic heterocycles. The monoisotopic (exact) mass is 189 g/mol. The summed E-state index contributed by atoms with van der Waals surface area (Å²) < 4.78 is 0. The third-order valence-electron chi connectivity index (χ3n) is 1.71. The highest BCUT2D eigenvalue weighted by Gasteiger charge is 2.07. The number of carbonyl (C=O) groups is 1. The maximum absolute atomic E-state index is 10.6. The molecule has 0 atom stereocenters. The molecule has 2 heterocycles. The Labute approximate surface area is 79.5 Å². The summed E-state index contributed by atoms with van der Waals surface area (Å²) in [6.07, 6.45) is 3.24. The van der Waals surface area contributed by atoms with Crippen LogP contribution in [0.3, 0.4) is 0 Å². The summed E-state index contributed by atoms with van der Waals surface area (Å²) in [4.78, 5) is 21.4. The molecule has 0 spiro atoms. The number of carboxylic acids is 1. The minimum Gasteiger partial charge on any atom is -0.477 e. The first-order chi connectivity index (χ1) is 6.77. The van der Waals surface area contributed by atoms with Crippen LogP contribution in [0.25, 0.3) is 11.5 Å². The fraction of sp³-hybridized carbons (Fsp3) is 0. The van der Waals surface area contributed by atoms with E-state index in [1.807, 2.05) is 0 Å². The molecule has 0 saturated carbocycles. The van der Waals surface area contributed by atoms with Crippen molar-refractivity contribution in [2.24, 2.45) is 0 Å². The van der Waals surface area contributed by atoms with E-state index >= 15 is 0 Å². The number of pyridine rings is 1. The molecule has 0 unspecified atom stereocenters. The van der Waals surface area contributed by atoms with Crippen LogP contribution in [-0.4, -0.2) is 26.0 Å². The number of nitrogens with zero attached hydrogens (tertiary/aromatic N) is 2. The van der Waals surface area contributed by atoms with Crippen molar-refractivity contribution in [2.45, 2.75) is 0 Å². The molecule has 0 saturated heterocycles. The Morgan fingerprint density at radius 1 is 1.43 bits per heavy atom. The molecule has 14 heavy (non-hydrogen) atoms. The van der Waals surface area contributed by atoms with Crippen LogP contribution >= 0.6 is 0 Å². The van der Waals surface area contributed by atoms with Crippen LogP contribution in [0.15, 0.2) is 30.6 Å². The van der Waals surface area contributed by atoms with Gasteiger partial charge < -0.3 is 10.1 Å². The van der Waals surface area contributed by atoms with Crippen LogP contribution in [0.1, 0.15) is 10.5 Å². The van der Waals surface area contributed by atoms with Gasteiger partial charge in [0.1, 0.15) is 11.4 Å². The smallest absolute Gasteiger partial charge is 0.354 e. The van der Waals surface area contributed by atoms with Crippen molar-refractivity contribution in [1.82, 2.24) is 15.0 Å². The van der Waals surface area contributed by atoms with E-state index in [1.54, 1.807) is 24.5 Å². The van der Waals surface area contributed by atoms with Crippen LogP contribution < -0.4 is 0 Å². The van der Waals surface area contributed by atoms with E-state index in [4.69, 9.17) is 5.11 Å². The Bertz CT molecular complexity index is 451. The third-order valence-corrected chi connectivity index (χ3v) is 1.71. The van der Waals surface area contributed by atoms with Crippen LogP contribution in [0.5, 0.6) is 0 Å². The number of H-pyrrole nitrogens is 1. The average Bonchev–Trinajstić information content (AvgIpc) is 2.71. The topological polar surface area (TPSA) is 78.9 Å². The predicted molar refractivity (Wildman–Crippen MR) is 48.8 cm³/mol. The Kier molecular flexibility index (Phi) is 1.98. The zero-order valence-electron chi connectivity index (χ0n) is 7.14. The van der Waals surface area contributed by atoms with Gasteiger partial charge in [-0.05, 0) is 12.1 Å². The van der Waals surface area contributed by atoms with Crippen LogP contribution in [0.4, 0.5) is 0 Å². The lowest BCUT2D eigenvalue weighted by Gasteiger charge is -1.97. The number of rotatable bonds is 2. The summed E-state index contributed by atoms with van der Waals surface area (Å²) in [6.45, 7) is 0. The lowest BCUT2D eigenvalue weighted by atomic mass is 10.3. The number of aromatic amines is 1. The second-order valence-corrected chi connectivity index (χ2v) is 2.65. The first-order valence-electron chi connectivity index (χ1n) is 3.97. The Balaban J connectivity index is 2.46. The lowest BCUT2D eigenvalue weighted by Crippen LogP contribution is -2.00. The molecule has 0 amide bonds. The standard InChI is InChI=1S/C9H7N3O2/c13-9(14)7-3-1-2-6(12-7)8-10-4-5-11-8/h1-5H,(H,10,11)(H,13,14). The molecule has 0 radical (unpaired) electrons. The summed E-state index contributed by atoms with van der Waals surface area (Å²) in [6, 6.07) is 4.77. The summed E-state index contributed by atoms with van der Waals surface area (Å²) in [5, 5.41) is 8.71. The SMILES string of the molecule is O=C(O)c1cccc(-c2ncc[nH]2)n1. The maximum Gasteiger partial charge on any atom is 0.354 e. The highest BCUT2D eigenvalue weighted by atomic mass is 16.4. The molecule has 0 aliphatic rings. The number of aromatic nitrogens is 3. The van der Waals surface area contributed by atoms with Gasteiger partial charge in [0.05, 0.1) is 0 Å².